The SMILES string of the molecule is NC(=O)c1ncn(CCOc2ccc(C(=O)O)cc2)c1O. The summed E-state index contributed by atoms with van der Waals surface area (Å²) in [7, 11) is 0. The number of carbonyl (C=O) groups is 2. The monoisotopic (exact) mass is 291 g/mol. The molecule has 4 N–H and O–H groups in total. The Balaban J connectivity index is 1.92. The van der Waals surface area contributed by atoms with Gasteiger partial charge in [-0.15, -0.1) is 0 Å². The van der Waals surface area contributed by atoms with Crippen molar-refractivity contribution in [1.82, 2.24) is 9.55 Å². The summed E-state index contributed by atoms with van der Waals surface area (Å²) in [5.41, 5.74) is 5.01. The van der Waals surface area contributed by atoms with E-state index in [0.717, 1.165) is 0 Å². The van der Waals surface area contributed by atoms with Crippen molar-refractivity contribution in [3.63, 3.8) is 0 Å². The number of carbonyl (C=O) groups excluding carboxylic acids is 1. The molecule has 2 aromatic rings. The number of carboxylic acid groups (broad SMARTS) is 1. The van der Waals surface area contributed by atoms with Crippen LogP contribution >= 0.6 is 0 Å². The molecular weight excluding hydrogens is 278 g/mol. The Bertz CT molecular complexity index is 663. The van der Waals surface area contributed by atoms with Crippen molar-refractivity contribution in [2.75, 3.05) is 6.61 Å². The summed E-state index contributed by atoms with van der Waals surface area (Å²) >= 11 is 0. The van der Waals surface area contributed by atoms with E-state index in [9.17, 15) is 14.7 Å². The zero-order valence-corrected chi connectivity index (χ0v) is 10.9. The lowest BCUT2D eigenvalue weighted by molar-refractivity contribution is 0.0696. The smallest absolute Gasteiger partial charge is 0.335 e. The van der Waals surface area contributed by atoms with Gasteiger partial charge in [0.15, 0.2) is 5.69 Å². The second-order valence-electron chi connectivity index (χ2n) is 4.15. The molecule has 0 atom stereocenters. The van der Waals surface area contributed by atoms with Gasteiger partial charge in [0.25, 0.3) is 5.91 Å². The van der Waals surface area contributed by atoms with E-state index in [4.69, 9.17) is 15.6 Å². The summed E-state index contributed by atoms with van der Waals surface area (Å²) in [6.45, 7) is 0.460. The summed E-state index contributed by atoms with van der Waals surface area (Å²) in [6, 6.07) is 5.92. The number of aromatic nitrogens is 2. The van der Waals surface area contributed by atoms with Gasteiger partial charge in [0.1, 0.15) is 12.4 Å². The molecule has 0 fully saturated rings. The van der Waals surface area contributed by atoms with Crippen LogP contribution in [0.15, 0.2) is 30.6 Å². The lowest BCUT2D eigenvalue weighted by Gasteiger charge is -2.07. The molecule has 0 aliphatic carbocycles. The summed E-state index contributed by atoms with van der Waals surface area (Å²) in [6.07, 6.45) is 1.28. The van der Waals surface area contributed by atoms with Crippen LogP contribution in [-0.4, -0.2) is 38.2 Å². The fraction of sp³-hybridized carbons (Fsp3) is 0.154. The third-order valence-corrected chi connectivity index (χ3v) is 2.75. The number of aromatic carboxylic acids is 1. The van der Waals surface area contributed by atoms with Crippen molar-refractivity contribution < 1.29 is 24.5 Å². The second kappa shape index (κ2) is 5.95. The molecule has 0 unspecified atom stereocenters. The van der Waals surface area contributed by atoms with Crippen molar-refractivity contribution in [1.29, 1.82) is 0 Å². The number of imidazole rings is 1. The highest BCUT2D eigenvalue weighted by Crippen LogP contribution is 2.15. The Hall–Kier alpha value is -3.03. The van der Waals surface area contributed by atoms with Crippen LogP contribution < -0.4 is 10.5 Å². The van der Waals surface area contributed by atoms with Crippen molar-refractivity contribution >= 4 is 11.9 Å². The lowest BCUT2D eigenvalue weighted by atomic mass is 10.2. The summed E-state index contributed by atoms with van der Waals surface area (Å²) in [5.74, 6) is -1.64. The van der Waals surface area contributed by atoms with E-state index in [1.165, 1.54) is 35.2 Å². The largest absolute Gasteiger partial charge is 0.493 e. The van der Waals surface area contributed by atoms with E-state index in [1.807, 2.05) is 0 Å². The number of nitrogens with two attached hydrogens (primary N) is 1. The molecule has 1 heterocycles. The van der Waals surface area contributed by atoms with Crippen molar-refractivity contribution in [2.24, 2.45) is 5.73 Å². The second-order valence-corrected chi connectivity index (χ2v) is 4.15. The number of carboxylic acids is 1. The number of hydrogen-bond acceptors (Lipinski definition) is 5. The number of aromatic hydroxyl groups is 1. The van der Waals surface area contributed by atoms with Crippen LogP contribution in [-0.2, 0) is 6.54 Å². The molecule has 0 saturated heterocycles. The van der Waals surface area contributed by atoms with Crippen LogP contribution in [0.4, 0.5) is 0 Å². The van der Waals surface area contributed by atoms with Gasteiger partial charge in [-0.2, -0.15) is 0 Å². The quantitative estimate of drug-likeness (QED) is 0.709. The molecule has 110 valence electrons. The van der Waals surface area contributed by atoms with Gasteiger partial charge in [-0.25, -0.2) is 9.78 Å². The standard InChI is InChI=1S/C13H13N3O5/c14-11(17)10-12(18)16(7-15-10)5-6-21-9-3-1-8(2-4-9)13(19)20/h1-4,7,18H,5-6H2,(H2,14,17)(H,19,20). The minimum absolute atomic E-state index is 0.167. The minimum atomic E-state index is -1.01. The molecule has 0 spiro atoms. The molecule has 21 heavy (non-hydrogen) atoms. The summed E-state index contributed by atoms with van der Waals surface area (Å²) in [5, 5.41) is 18.4. The van der Waals surface area contributed by atoms with E-state index in [0.29, 0.717) is 5.75 Å². The highest BCUT2D eigenvalue weighted by molar-refractivity contribution is 5.93. The highest BCUT2D eigenvalue weighted by Gasteiger charge is 2.14. The van der Waals surface area contributed by atoms with Crippen LogP contribution in [0.5, 0.6) is 11.6 Å². The average molecular weight is 291 g/mol. The molecular formula is C13H13N3O5. The van der Waals surface area contributed by atoms with Crippen LogP contribution in [0.1, 0.15) is 20.8 Å². The molecule has 0 aliphatic heterocycles. The van der Waals surface area contributed by atoms with E-state index in [1.54, 1.807) is 0 Å². The maximum absolute atomic E-state index is 10.9. The van der Waals surface area contributed by atoms with Gasteiger partial charge in [0.05, 0.1) is 18.4 Å². The predicted octanol–water partition coefficient (Wildman–Crippen LogP) is 0.465. The third kappa shape index (κ3) is 3.30. The number of primary amides is 1. The average Bonchev–Trinajstić information content (AvgIpc) is 2.81. The lowest BCUT2D eigenvalue weighted by Crippen LogP contribution is -2.12. The zero-order chi connectivity index (χ0) is 15.4. The Kier molecular flexibility index (Phi) is 4.07. The fourth-order valence-corrected chi connectivity index (χ4v) is 1.67. The first-order valence-corrected chi connectivity index (χ1v) is 5.99. The molecule has 0 radical (unpaired) electrons. The van der Waals surface area contributed by atoms with Gasteiger partial charge in [-0.05, 0) is 24.3 Å². The number of rotatable bonds is 6. The number of ether oxygens (including phenoxy) is 1. The zero-order valence-electron chi connectivity index (χ0n) is 10.9. The summed E-state index contributed by atoms with van der Waals surface area (Å²) < 4.78 is 6.73. The van der Waals surface area contributed by atoms with Gasteiger partial charge in [0, 0.05) is 0 Å². The van der Waals surface area contributed by atoms with Crippen LogP contribution in [0.25, 0.3) is 0 Å². The minimum Gasteiger partial charge on any atom is -0.493 e. The Labute approximate surface area is 119 Å². The molecule has 1 aromatic carbocycles. The maximum atomic E-state index is 10.9. The normalized spacial score (nSPS) is 10.3. The Morgan fingerprint density at radius 3 is 2.48 bits per heavy atom. The number of amides is 1. The predicted molar refractivity (Wildman–Crippen MR) is 71.3 cm³/mol. The molecule has 8 nitrogen and oxygen atoms in total. The first-order valence-electron chi connectivity index (χ1n) is 5.99. The maximum Gasteiger partial charge on any atom is 0.335 e. The van der Waals surface area contributed by atoms with Crippen molar-refractivity contribution in [2.45, 2.75) is 6.54 Å². The van der Waals surface area contributed by atoms with Gasteiger partial charge >= 0.3 is 5.97 Å². The number of hydrogen-bond donors (Lipinski definition) is 3. The highest BCUT2D eigenvalue weighted by atomic mass is 16.5. The van der Waals surface area contributed by atoms with Gasteiger partial charge in [-0.3, -0.25) is 9.36 Å². The molecule has 8 heteroatoms. The van der Waals surface area contributed by atoms with E-state index < -0.39 is 11.9 Å². The molecule has 0 saturated carbocycles. The van der Waals surface area contributed by atoms with Crippen molar-refractivity contribution in [3.8, 4) is 11.6 Å². The molecule has 0 aliphatic rings. The topological polar surface area (TPSA) is 128 Å². The van der Waals surface area contributed by atoms with Gasteiger partial charge in [0.2, 0.25) is 5.88 Å². The Morgan fingerprint density at radius 1 is 1.29 bits per heavy atom. The van der Waals surface area contributed by atoms with Crippen LogP contribution in [0.3, 0.4) is 0 Å². The first kappa shape index (κ1) is 14.4. The third-order valence-electron chi connectivity index (χ3n) is 2.75. The molecule has 0 bridgehead atoms. The fourth-order valence-electron chi connectivity index (χ4n) is 1.67. The molecule has 2 rings (SSSR count). The van der Waals surface area contributed by atoms with Crippen LogP contribution in [0.2, 0.25) is 0 Å². The van der Waals surface area contributed by atoms with Crippen LogP contribution in [0, 0.1) is 0 Å². The number of benzene rings is 1. The summed E-state index contributed by atoms with van der Waals surface area (Å²) in [4.78, 5) is 25.3. The number of nitrogens with zero attached hydrogens (tertiary/aromatic N) is 2. The van der Waals surface area contributed by atoms with E-state index >= 15 is 0 Å². The van der Waals surface area contributed by atoms with Crippen molar-refractivity contribution in [3.05, 3.63) is 41.9 Å². The molecule has 1 amide bonds. The first-order chi connectivity index (χ1) is 9.99. The Morgan fingerprint density at radius 2 is 1.95 bits per heavy atom. The van der Waals surface area contributed by atoms with Gasteiger partial charge < -0.3 is 20.7 Å². The van der Waals surface area contributed by atoms with E-state index in [2.05, 4.69) is 4.98 Å². The van der Waals surface area contributed by atoms with Gasteiger partial charge in [-0.1, -0.05) is 0 Å². The molecule has 1 aromatic heterocycles. The van der Waals surface area contributed by atoms with E-state index in [-0.39, 0.29) is 30.3 Å².